The van der Waals surface area contributed by atoms with Crippen molar-refractivity contribution in [3.05, 3.63) is 42.7 Å². The number of piperidine rings is 1. The molecule has 1 atom stereocenters. The Hall–Kier alpha value is -3.16. The Morgan fingerprint density at radius 2 is 2.04 bits per heavy atom. The highest BCUT2D eigenvalue weighted by molar-refractivity contribution is 6.43. The largest absolute Gasteiger partial charge is 0.497 e. The van der Waals surface area contributed by atoms with Crippen LogP contribution in [0.3, 0.4) is 0 Å². The van der Waals surface area contributed by atoms with Crippen LogP contribution in [0.25, 0.3) is 0 Å². The van der Waals surface area contributed by atoms with Gasteiger partial charge in [0.15, 0.2) is 5.60 Å². The molecule has 8 heteroatoms. The second kappa shape index (κ2) is 7.22. The van der Waals surface area contributed by atoms with E-state index in [0.29, 0.717) is 30.3 Å². The maximum atomic E-state index is 12.6. The zero-order valence-corrected chi connectivity index (χ0v) is 15.1. The zero-order chi connectivity index (χ0) is 18.7. The van der Waals surface area contributed by atoms with Crippen molar-refractivity contribution in [1.82, 2.24) is 9.97 Å². The number of carbonyl (C=O) groups excluding carboxylic acids is 1. The monoisotopic (exact) mass is 367 g/mol. The fraction of sp³-hybridized carbons (Fsp3) is 0.368. The maximum Gasteiger partial charge on any atom is 0.273 e. The average molecular weight is 367 g/mol. The van der Waals surface area contributed by atoms with E-state index in [0.717, 1.165) is 25.1 Å². The van der Waals surface area contributed by atoms with Gasteiger partial charge in [0.05, 0.1) is 13.7 Å². The lowest BCUT2D eigenvalue weighted by atomic mass is 9.88. The molecule has 2 aromatic rings. The fourth-order valence-electron chi connectivity index (χ4n) is 3.46. The molecule has 0 bridgehead atoms. The Bertz CT molecular complexity index is 840. The number of hydrogen-bond donors (Lipinski definition) is 1. The van der Waals surface area contributed by atoms with Gasteiger partial charge in [0.25, 0.3) is 5.91 Å². The van der Waals surface area contributed by atoms with Gasteiger partial charge in [-0.2, -0.15) is 0 Å². The summed E-state index contributed by atoms with van der Waals surface area (Å²) in [5, 5.41) is 6.94. The van der Waals surface area contributed by atoms with Crippen molar-refractivity contribution in [2.24, 2.45) is 5.16 Å². The Kier molecular flexibility index (Phi) is 4.62. The van der Waals surface area contributed by atoms with Crippen LogP contribution >= 0.6 is 0 Å². The van der Waals surface area contributed by atoms with Gasteiger partial charge in [-0.15, -0.1) is 0 Å². The molecule has 0 radical (unpaired) electrons. The molecule has 1 N–H and O–H groups in total. The molecule has 0 saturated carbocycles. The van der Waals surface area contributed by atoms with E-state index in [2.05, 4.69) is 25.3 Å². The topological polar surface area (TPSA) is 88.9 Å². The van der Waals surface area contributed by atoms with Crippen LogP contribution in [0, 0.1) is 0 Å². The standard InChI is InChI=1S/C19H21N5O3/c1-26-15-6-4-14(5-7-15)22-17(25)16-12-19(27-23-16)8-2-11-24(13-19)18-20-9-3-10-21-18/h3-7,9-10H,2,8,11-13H2,1H3,(H,22,25). The number of nitrogens with one attached hydrogen (secondary N) is 1. The van der Waals surface area contributed by atoms with E-state index >= 15 is 0 Å². The zero-order valence-electron chi connectivity index (χ0n) is 15.1. The van der Waals surface area contributed by atoms with Gasteiger partial charge in [0.1, 0.15) is 11.5 Å². The molecule has 1 amide bonds. The quantitative estimate of drug-likeness (QED) is 0.891. The van der Waals surface area contributed by atoms with Crippen LogP contribution in [0.1, 0.15) is 19.3 Å². The van der Waals surface area contributed by atoms with Crippen LogP contribution in [0.5, 0.6) is 5.75 Å². The van der Waals surface area contributed by atoms with Crippen LogP contribution in [-0.2, 0) is 9.63 Å². The molecule has 2 aliphatic heterocycles. The molecule has 140 valence electrons. The van der Waals surface area contributed by atoms with Crippen LogP contribution < -0.4 is 15.0 Å². The number of methoxy groups -OCH3 is 1. The Labute approximate surface area is 157 Å². The van der Waals surface area contributed by atoms with E-state index in [9.17, 15) is 4.79 Å². The number of aromatic nitrogens is 2. The van der Waals surface area contributed by atoms with Gasteiger partial charge in [-0.1, -0.05) is 5.16 Å². The van der Waals surface area contributed by atoms with Gasteiger partial charge in [0, 0.05) is 31.0 Å². The van der Waals surface area contributed by atoms with Crippen LogP contribution in [-0.4, -0.2) is 47.4 Å². The highest BCUT2D eigenvalue weighted by Gasteiger charge is 2.45. The molecule has 8 nitrogen and oxygen atoms in total. The average Bonchev–Trinajstić information content (AvgIpc) is 3.12. The number of benzene rings is 1. The molecular weight excluding hydrogens is 346 g/mol. The second-order valence-corrected chi connectivity index (χ2v) is 6.75. The Balaban J connectivity index is 1.40. The van der Waals surface area contributed by atoms with E-state index < -0.39 is 5.60 Å². The lowest BCUT2D eigenvalue weighted by molar-refractivity contribution is -0.110. The molecule has 1 fully saturated rings. The summed E-state index contributed by atoms with van der Waals surface area (Å²) in [6.07, 6.45) is 5.70. The van der Waals surface area contributed by atoms with Gasteiger partial charge in [0.2, 0.25) is 5.95 Å². The second-order valence-electron chi connectivity index (χ2n) is 6.75. The number of hydrogen-bond acceptors (Lipinski definition) is 7. The molecule has 3 heterocycles. The number of nitrogens with zero attached hydrogens (tertiary/aromatic N) is 4. The summed E-state index contributed by atoms with van der Waals surface area (Å²) in [6.45, 7) is 1.47. The number of rotatable bonds is 4. The van der Waals surface area contributed by atoms with Crippen molar-refractivity contribution in [2.45, 2.75) is 24.9 Å². The van der Waals surface area contributed by atoms with Gasteiger partial charge < -0.3 is 19.8 Å². The van der Waals surface area contributed by atoms with Gasteiger partial charge in [-0.3, -0.25) is 4.79 Å². The lowest BCUT2D eigenvalue weighted by Crippen LogP contribution is -2.49. The first-order valence-electron chi connectivity index (χ1n) is 8.90. The lowest BCUT2D eigenvalue weighted by Gasteiger charge is -2.38. The normalized spacial score (nSPS) is 21.5. The first-order chi connectivity index (χ1) is 13.2. The van der Waals surface area contributed by atoms with Crippen LogP contribution in [0.2, 0.25) is 0 Å². The summed E-state index contributed by atoms with van der Waals surface area (Å²) in [6, 6.07) is 8.96. The molecule has 0 aliphatic carbocycles. The molecule has 2 aliphatic rings. The third kappa shape index (κ3) is 3.69. The van der Waals surface area contributed by atoms with Crippen molar-refractivity contribution in [3.8, 4) is 5.75 Å². The summed E-state index contributed by atoms with van der Waals surface area (Å²) in [5.74, 6) is 1.17. The van der Waals surface area contributed by atoms with Gasteiger partial charge in [-0.25, -0.2) is 9.97 Å². The van der Waals surface area contributed by atoms with E-state index in [1.807, 2.05) is 0 Å². The summed E-state index contributed by atoms with van der Waals surface area (Å²) >= 11 is 0. The van der Waals surface area contributed by atoms with E-state index in [-0.39, 0.29) is 5.91 Å². The minimum atomic E-state index is -0.496. The molecule has 1 aromatic carbocycles. The predicted octanol–water partition coefficient (Wildman–Crippen LogP) is 2.24. The maximum absolute atomic E-state index is 12.6. The molecule has 1 unspecified atom stereocenters. The molecule has 4 rings (SSSR count). The Morgan fingerprint density at radius 3 is 2.78 bits per heavy atom. The molecule has 1 spiro atoms. The first-order valence-corrected chi connectivity index (χ1v) is 8.90. The summed E-state index contributed by atoms with van der Waals surface area (Å²) in [7, 11) is 1.60. The fourth-order valence-corrected chi connectivity index (χ4v) is 3.46. The molecule has 1 aromatic heterocycles. The molecular formula is C19H21N5O3. The van der Waals surface area contributed by atoms with Crippen LogP contribution in [0.4, 0.5) is 11.6 Å². The van der Waals surface area contributed by atoms with Crippen molar-refractivity contribution in [1.29, 1.82) is 0 Å². The Morgan fingerprint density at radius 1 is 1.26 bits per heavy atom. The van der Waals surface area contributed by atoms with E-state index in [4.69, 9.17) is 9.57 Å². The number of carbonyl (C=O) groups is 1. The van der Waals surface area contributed by atoms with Crippen molar-refractivity contribution >= 4 is 23.3 Å². The predicted molar refractivity (Wildman–Crippen MR) is 101 cm³/mol. The van der Waals surface area contributed by atoms with Gasteiger partial charge >= 0.3 is 0 Å². The minimum absolute atomic E-state index is 0.245. The highest BCUT2D eigenvalue weighted by Crippen LogP contribution is 2.34. The van der Waals surface area contributed by atoms with Crippen molar-refractivity contribution in [2.75, 3.05) is 30.4 Å². The molecule has 27 heavy (non-hydrogen) atoms. The summed E-state index contributed by atoms with van der Waals surface area (Å²) in [5.41, 5.74) is 0.596. The highest BCUT2D eigenvalue weighted by atomic mass is 16.7. The number of amides is 1. The minimum Gasteiger partial charge on any atom is -0.497 e. The number of oxime groups is 1. The van der Waals surface area contributed by atoms with E-state index in [1.165, 1.54) is 0 Å². The smallest absolute Gasteiger partial charge is 0.273 e. The number of ether oxygens (including phenoxy) is 1. The van der Waals surface area contributed by atoms with E-state index in [1.54, 1.807) is 49.8 Å². The summed E-state index contributed by atoms with van der Waals surface area (Å²) < 4.78 is 5.12. The van der Waals surface area contributed by atoms with Crippen LogP contribution in [0.15, 0.2) is 47.9 Å². The van der Waals surface area contributed by atoms with Crippen molar-refractivity contribution < 1.29 is 14.4 Å². The third-order valence-corrected chi connectivity index (χ3v) is 4.82. The first kappa shape index (κ1) is 17.3. The van der Waals surface area contributed by atoms with Gasteiger partial charge in [-0.05, 0) is 43.2 Å². The third-order valence-electron chi connectivity index (χ3n) is 4.82. The van der Waals surface area contributed by atoms with Crippen molar-refractivity contribution in [3.63, 3.8) is 0 Å². The molecule has 1 saturated heterocycles. The summed E-state index contributed by atoms with van der Waals surface area (Å²) in [4.78, 5) is 29.0. The SMILES string of the molecule is COc1ccc(NC(=O)C2=NOC3(CCCN(c4ncccn4)C3)C2)cc1. The number of anilines is 2.